The van der Waals surface area contributed by atoms with E-state index >= 15 is 0 Å². The summed E-state index contributed by atoms with van der Waals surface area (Å²) in [4.78, 5) is 24.4. The van der Waals surface area contributed by atoms with Crippen LogP contribution < -0.4 is 0 Å². The van der Waals surface area contributed by atoms with Gasteiger partial charge in [0.25, 0.3) is 0 Å². The number of amides is 1. The maximum Gasteiger partial charge on any atom is 0.410 e. The fourth-order valence-electron chi connectivity index (χ4n) is 2.53. The van der Waals surface area contributed by atoms with E-state index in [4.69, 9.17) is 9.84 Å². The van der Waals surface area contributed by atoms with E-state index in [2.05, 4.69) is 6.58 Å². The number of carbonyl (C=O) groups excluding carboxylic acids is 1. The van der Waals surface area contributed by atoms with Gasteiger partial charge in [0.1, 0.15) is 6.61 Å². The van der Waals surface area contributed by atoms with Crippen LogP contribution in [-0.2, 0) is 4.74 Å². The molecule has 0 aliphatic carbocycles. The Labute approximate surface area is 123 Å². The molecular formula is C16H19NO4. The van der Waals surface area contributed by atoms with Crippen molar-refractivity contribution in [3.05, 3.63) is 48.0 Å². The molecule has 0 bridgehead atoms. The lowest BCUT2D eigenvalue weighted by Crippen LogP contribution is -2.39. The minimum absolute atomic E-state index is 0.216. The van der Waals surface area contributed by atoms with Gasteiger partial charge in [-0.3, -0.25) is 0 Å². The van der Waals surface area contributed by atoms with Crippen LogP contribution in [0.4, 0.5) is 4.79 Å². The van der Waals surface area contributed by atoms with E-state index in [1.54, 1.807) is 23.1 Å². The molecule has 21 heavy (non-hydrogen) atoms. The number of piperidine rings is 1. The van der Waals surface area contributed by atoms with Crippen LogP contribution in [0.2, 0.25) is 0 Å². The van der Waals surface area contributed by atoms with Crippen LogP contribution in [0.3, 0.4) is 0 Å². The lowest BCUT2D eigenvalue weighted by Gasteiger charge is -2.32. The topological polar surface area (TPSA) is 66.8 Å². The highest BCUT2D eigenvalue weighted by Gasteiger charge is 2.25. The van der Waals surface area contributed by atoms with Gasteiger partial charge in [0.05, 0.1) is 5.56 Å². The number of ether oxygens (including phenoxy) is 1. The summed E-state index contributed by atoms with van der Waals surface area (Å²) in [7, 11) is 0. The molecule has 1 fully saturated rings. The molecule has 1 unspecified atom stereocenters. The summed E-state index contributed by atoms with van der Waals surface area (Å²) >= 11 is 0. The van der Waals surface area contributed by atoms with Crippen molar-refractivity contribution in [2.75, 3.05) is 19.7 Å². The summed E-state index contributed by atoms with van der Waals surface area (Å²) < 4.78 is 5.06. The molecule has 5 heteroatoms. The number of carboxylic acid groups (broad SMARTS) is 1. The van der Waals surface area contributed by atoms with E-state index in [9.17, 15) is 9.59 Å². The summed E-state index contributed by atoms with van der Waals surface area (Å²) in [5, 5.41) is 8.91. The number of carboxylic acids is 1. The number of nitrogens with zero attached hydrogens (tertiary/aromatic N) is 1. The molecule has 1 heterocycles. The fraction of sp³-hybridized carbons (Fsp3) is 0.375. The first-order valence-electron chi connectivity index (χ1n) is 6.97. The molecule has 0 radical (unpaired) electrons. The van der Waals surface area contributed by atoms with Crippen LogP contribution in [0.1, 0.15) is 34.7 Å². The van der Waals surface area contributed by atoms with Crippen LogP contribution in [0.5, 0.6) is 0 Å². The second-order valence-corrected chi connectivity index (χ2v) is 5.08. The molecule has 0 aromatic heterocycles. The number of benzene rings is 1. The third kappa shape index (κ3) is 3.84. The summed E-state index contributed by atoms with van der Waals surface area (Å²) in [6.07, 6.45) is 3.12. The zero-order valence-electron chi connectivity index (χ0n) is 11.8. The monoisotopic (exact) mass is 289 g/mol. The van der Waals surface area contributed by atoms with Crippen LogP contribution >= 0.6 is 0 Å². The van der Waals surface area contributed by atoms with E-state index in [1.807, 2.05) is 12.1 Å². The molecule has 0 spiro atoms. The molecule has 1 amide bonds. The van der Waals surface area contributed by atoms with Gasteiger partial charge < -0.3 is 14.7 Å². The van der Waals surface area contributed by atoms with Gasteiger partial charge in [0.2, 0.25) is 0 Å². The molecule has 1 aromatic rings. The Bertz CT molecular complexity index is 524. The van der Waals surface area contributed by atoms with Crippen molar-refractivity contribution in [2.45, 2.75) is 18.8 Å². The van der Waals surface area contributed by atoms with Crippen LogP contribution in [0.15, 0.2) is 36.9 Å². The Morgan fingerprint density at radius 1 is 1.38 bits per heavy atom. The Kier molecular flexibility index (Phi) is 4.98. The standard InChI is InChI=1S/C16H19NO4/c1-2-10-21-16(20)17-9-3-4-14(11-17)12-5-7-13(8-6-12)15(18)19/h2,5-8,14H,1,3-4,9-11H2,(H,18,19). The highest BCUT2D eigenvalue weighted by molar-refractivity contribution is 5.87. The number of hydrogen-bond donors (Lipinski definition) is 1. The molecule has 1 aliphatic heterocycles. The van der Waals surface area contributed by atoms with Gasteiger partial charge in [0, 0.05) is 19.0 Å². The van der Waals surface area contributed by atoms with Gasteiger partial charge in [-0.05, 0) is 30.5 Å². The van der Waals surface area contributed by atoms with Crippen LogP contribution in [-0.4, -0.2) is 41.8 Å². The van der Waals surface area contributed by atoms with E-state index in [0.29, 0.717) is 13.1 Å². The Balaban J connectivity index is 2.01. The molecule has 1 aromatic carbocycles. The average Bonchev–Trinajstić information content (AvgIpc) is 2.52. The van der Waals surface area contributed by atoms with Gasteiger partial charge in [0.15, 0.2) is 0 Å². The fourth-order valence-corrected chi connectivity index (χ4v) is 2.53. The molecule has 2 rings (SSSR count). The number of carbonyl (C=O) groups is 2. The lowest BCUT2D eigenvalue weighted by atomic mass is 9.90. The maximum absolute atomic E-state index is 11.9. The predicted octanol–water partition coefficient (Wildman–Crippen LogP) is 2.89. The van der Waals surface area contributed by atoms with E-state index < -0.39 is 5.97 Å². The summed E-state index contributed by atoms with van der Waals surface area (Å²) in [6.45, 7) is 5.03. The first-order valence-corrected chi connectivity index (χ1v) is 6.97. The van der Waals surface area contributed by atoms with Crippen molar-refractivity contribution in [2.24, 2.45) is 0 Å². The number of likely N-dealkylation sites (tertiary alicyclic amines) is 1. The summed E-state index contributed by atoms with van der Waals surface area (Å²) in [5.74, 6) is -0.710. The Hall–Kier alpha value is -2.30. The Morgan fingerprint density at radius 3 is 2.71 bits per heavy atom. The first-order chi connectivity index (χ1) is 10.1. The van der Waals surface area contributed by atoms with Gasteiger partial charge in [-0.1, -0.05) is 24.8 Å². The Morgan fingerprint density at radius 2 is 2.10 bits per heavy atom. The zero-order chi connectivity index (χ0) is 15.2. The summed E-state index contributed by atoms with van der Waals surface area (Å²) in [5.41, 5.74) is 1.33. The second kappa shape index (κ2) is 6.92. The van der Waals surface area contributed by atoms with Crippen molar-refractivity contribution in [3.8, 4) is 0 Å². The molecule has 5 nitrogen and oxygen atoms in total. The molecule has 0 saturated carbocycles. The molecule has 112 valence electrons. The highest BCUT2D eigenvalue weighted by atomic mass is 16.6. The zero-order valence-corrected chi connectivity index (χ0v) is 11.8. The number of aromatic carboxylic acids is 1. The van der Waals surface area contributed by atoms with Crippen molar-refractivity contribution in [1.82, 2.24) is 4.90 Å². The van der Waals surface area contributed by atoms with Crippen LogP contribution in [0.25, 0.3) is 0 Å². The first kappa shape index (κ1) is 15.1. The van der Waals surface area contributed by atoms with Crippen LogP contribution in [0, 0.1) is 0 Å². The quantitative estimate of drug-likeness (QED) is 0.865. The average molecular weight is 289 g/mol. The number of rotatable bonds is 4. The van der Waals surface area contributed by atoms with Crippen molar-refractivity contribution in [1.29, 1.82) is 0 Å². The summed E-state index contributed by atoms with van der Waals surface area (Å²) in [6, 6.07) is 6.86. The minimum Gasteiger partial charge on any atom is -0.478 e. The molecule has 1 aliphatic rings. The van der Waals surface area contributed by atoms with Gasteiger partial charge in [-0.25, -0.2) is 9.59 Å². The van der Waals surface area contributed by atoms with Gasteiger partial charge in [-0.15, -0.1) is 0 Å². The molecule has 1 atom stereocenters. The third-order valence-corrected chi connectivity index (χ3v) is 3.63. The third-order valence-electron chi connectivity index (χ3n) is 3.63. The van der Waals surface area contributed by atoms with Crippen molar-refractivity contribution < 1.29 is 19.4 Å². The SMILES string of the molecule is C=CCOC(=O)N1CCCC(c2ccc(C(=O)O)cc2)C1. The van der Waals surface area contributed by atoms with E-state index in [1.165, 1.54) is 0 Å². The smallest absolute Gasteiger partial charge is 0.410 e. The van der Waals surface area contributed by atoms with Gasteiger partial charge >= 0.3 is 12.1 Å². The lowest BCUT2D eigenvalue weighted by molar-refractivity contribution is 0.0696. The highest BCUT2D eigenvalue weighted by Crippen LogP contribution is 2.27. The largest absolute Gasteiger partial charge is 0.478 e. The van der Waals surface area contributed by atoms with Crippen molar-refractivity contribution in [3.63, 3.8) is 0 Å². The number of hydrogen-bond acceptors (Lipinski definition) is 3. The van der Waals surface area contributed by atoms with E-state index in [-0.39, 0.29) is 24.2 Å². The molecule has 1 saturated heterocycles. The second-order valence-electron chi connectivity index (χ2n) is 5.08. The maximum atomic E-state index is 11.9. The van der Waals surface area contributed by atoms with Crippen molar-refractivity contribution >= 4 is 12.1 Å². The van der Waals surface area contributed by atoms with E-state index in [0.717, 1.165) is 18.4 Å². The normalized spacial score (nSPS) is 18.1. The molecule has 1 N–H and O–H groups in total. The minimum atomic E-state index is -0.931. The molecular weight excluding hydrogens is 270 g/mol. The van der Waals surface area contributed by atoms with Gasteiger partial charge in [-0.2, -0.15) is 0 Å². The predicted molar refractivity (Wildman–Crippen MR) is 78.5 cm³/mol.